The van der Waals surface area contributed by atoms with Crippen molar-refractivity contribution in [2.75, 3.05) is 17.2 Å². The summed E-state index contributed by atoms with van der Waals surface area (Å²) in [5.74, 6) is -0.723. The molecule has 0 saturated carbocycles. The maximum absolute atomic E-state index is 12.2. The Morgan fingerprint density at radius 2 is 1.67 bits per heavy atom. The van der Waals surface area contributed by atoms with Crippen molar-refractivity contribution >= 4 is 51.3 Å². The molecule has 2 aromatic carbocycles. The van der Waals surface area contributed by atoms with Crippen LogP contribution in [-0.2, 0) is 14.3 Å². The SMILES string of the molecule is CC(C)(C)OC(=O)NCC(=O)Nc1cccc(NC(=O)/C=C/c2ccccc2Br)c1. The average molecular weight is 474 g/mol. The summed E-state index contributed by atoms with van der Waals surface area (Å²) in [6.45, 7) is 4.97. The summed E-state index contributed by atoms with van der Waals surface area (Å²) >= 11 is 3.42. The van der Waals surface area contributed by atoms with Crippen LogP contribution in [0, 0.1) is 0 Å². The van der Waals surface area contributed by atoms with E-state index < -0.39 is 17.6 Å². The zero-order valence-electron chi connectivity index (χ0n) is 17.0. The Labute approximate surface area is 184 Å². The molecule has 0 aromatic heterocycles. The number of amides is 3. The molecule has 158 valence electrons. The number of ether oxygens (including phenoxy) is 1. The van der Waals surface area contributed by atoms with Crippen LogP contribution in [0.4, 0.5) is 16.2 Å². The van der Waals surface area contributed by atoms with Crippen LogP contribution in [0.15, 0.2) is 59.1 Å². The third-order valence-electron chi connectivity index (χ3n) is 3.53. The molecule has 0 heterocycles. The van der Waals surface area contributed by atoms with Gasteiger partial charge in [0.1, 0.15) is 12.1 Å². The minimum Gasteiger partial charge on any atom is -0.444 e. The molecule has 2 aromatic rings. The summed E-state index contributed by atoms with van der Waals surface area (Å²) in [5, 5.41) is 7.78. The van der Waals surface area contributed by atoms with Crippen LogP contribution in [0.25, 0.3) is 6.08 Å². The van der Waals surface area contributed by atoms with Gasteiger partial charge in [0.05, 0.1) is 0 Å². The Morgan fingerprint density at radius 1 is 1.00 bits per heavy atom. The Bertz CT molecular complexity index is 951. The number of nitrogens with one attached hydrogen (secondary N) is 3. The highest BCUT2D eigenvalue weighted by Crippen LogP contribution is 2.18. The maximum atomic E-state index is 12.2. The first kappa shape index (κ1) is 23.2. The van der Waals surface area contributed by atoms with Crippen molar-refractivity contribution in [2.45, 2.75) is 26.4 Å². The predicted octanol–water partition coefficient (Wildman–Crippen LogP) is 4.56. The van der Waals surface area contributed by atoms with Crippen LogP contribution in [-0.4, -0.2) is 30.1 Å². The lowest BCUT2D eigenvalue weighted by molar-refractivity contribution is -0.115. The third kappa shape index (κ3) is 8.48. The van der Waals surface area contributed by atoms with Gasteiger partial charge in [-0.2, -0.15) is 0 Å². The molecule has 3 amide bonds. The first-order valence-corrected chi connectivity index (χ1v) is 10.0. The van der Waals surface area contributed by atoms with Gasteiger partial charge >= 0.3 is 6.09 Å². The van der Waals surface area contributed by atoms with Crippen LogP contribution >= 0.6 is 15.9 Å². The fourth-order valence-corrected chi connectivity index (χ4v) is 2.72. The van der Waals surface area contributed by atoms with Gasteiger partial charge in [0.2, 0.25) is 11.8 Å². The predicted molar refractivity (Wildman–Crippen MR) is 121 cm³/mol. The van der Waals surface area contributed by atoms with Gasteiger partial charge in [-0.15, -0.1) is 0 Å². The lowest BCUT2D eigenvalue weighted by Gasteiger charge is -2.19. The van der Waals surface area contributed by atoms with Crippen molar-refractivity contribution in [3.63, 3.8) is 0 Å². The number of halogens is 1. The summed E-state index contributed by atoms with van der Waals surface area (Å²) in [6, 6.07) is 14.3. The van der Waals surface area contributed by atoms with E-state index in [0.717, 1.165) is 10.0 Å². The number of benzene rings is 2. The normalized spacial score (nSPS) is 11.1. The summed E-state index contributed by atoms with van der Waals surface area (Å²) in [5.41, 5.74) is 1.25. The fourth-order valence-electron chi connectivity index (χ4n) is 2.31. The van der Waals surface area contributed by atoms with E-state index in [2.05, 4.69) is 31.9 Å². The fraction of sp³-hybridized carbons (Fsp3) is 0.227. The molecule has 0 radical (unpaired) electrons. The van der Waals surface area contributed by atoms with Crippen molar-refractivity contribution in [3.8, 4) is 0 Å². The third-order valence-corrected chi connectivity index (χ3v) is 4.25. The van der Waals surface area contributed by atoms with Crippen LogP contribution in [0.5, 0.6) is 0 Å². The van der Waals surface area contributed by atoms with E-state index in [1.165, 1.54) is 6.08 Å². The van der Waals surface area contributed by atoms with E-state index in [1.54, 1.807) is 51.1 Å². The molecular weight excluding hydrogens is 450 g/mol. The summed E-state index contributed by atoms with van der Waals surface area (Å²) in [7, 11) is 0. The van der Waals surface area contributed by atoms with Crippen molar-refractivity contribution < 1.29 is 19.1 Å². The molecule has 30 heavy (non-hydrogen) atoms. The van der Waals surface area contributed by atoms with Gasteiger partial charge in [0.15, 0.2) is 0 Å². The summed E-state index contributed by atoms with van der Waals surface area (Å²) in [4.78, 5) is 35.8. The number of anilines is 2. The second-order valence-electron chi connectivity index (χ2n) is 7.33. The molecule has 8 heteroatoms. The monoisotopic (exact) mass is 473 g/mol. The molecule has 0 aliphatic heterocycles. The molecule has 7 nitrogen and oxygen atoms in total. The zero-order valence-corrected chi connectivity index (χ0v) is 18.6. The Morgan fingerprint density at radius 3 is 2.33 bits per heavy atom. The van der Waals surface area contributed by atoms with E-state index in [0.29, 0.717) is 11.4 Å². The van der Waals surface area contributed by atoms with E-state index in [1.807, 2.05) is 24.3 Å². The van der Waals surface area contributed by atoms with Crippen molar-refractivity contribution in [1.82, 2.24) is 5.32 Å². The van der Waals surface area contributed by atoms with Crippen LogP contribution in [0.2, 0.25) is 0 Å². The van der Waals surface area contributed by atoms with Gasteiger partial charge in [-0.25, -0.2) is 4.79 Å². The number of carbonyl (C=O) groups is 3. The molecule has 0 atom stereocenters. The van der Waals surface area contributed by atoms with Gasteiger partial charge < -0.3 is 20.7 Å². The zero-order chi connectivity index (χ0) is 22.1. The molecule has 0 aliphatic carbocycles. The molecular formula is C22H24BrN3O4. The lowest BCUT2D eigenvalue weighted by atomic mass is 10.2. The molecule has 2 rings (SSSR count). The molecule has 0 fully saturated rings. The summed E-state index contributed by atoms with van der Waals surface area (Å²) in [6.07, 6.45) is 2.46. The van der Waals surface area contributed by atoms with Gasteiger partial charge in [-0.05, 0) is 56.7 Å². The van der Waals surface area contributed by atoms with Gasteiger partial charge in [-0.1, -0.05) is 40.2 Å². The smallest absolute Gasteiger partial charge is 0.408 e. The highest BCUT2D eigenvalue weighted by molar-refractivity contribution is 9.10. The molecule has 0 bridgehead atoms. The highest BCUT2D eigenvalue weighted by atomic mass is 79.9. The summed E-state index contributed by atoms with van der Waals surface area (Å²) < 4.78 is 5.96. The van der Waals surface area contributed by atoms with E-state index in [4.69, 9.17) is 4.74 Å². The highest BCUT2D eigenvalue weighted by Gasteiger charge is 2.16. The Hall–Kier alpha value is -3.13. The number of rotatable bonds is 6. The number of alkyl carbamates (subject to hydrolysis) is 1. The van der Waals surface area contributed by atoms with Gasteiger partial charge in [0.25, 0.3) is 0 Å². The first-order valence-electron chi connectivity index (χ1n) is 9.23. The lowest BCUT2D eigenvalue weighted by Crippen LogP contribution is -2.37. The minimum absolute atomic E-state index is 0.236. The Balaban J connectivity index is 1.88. The molecule has 0 unspecified atom stereocenters. The van der Waals surface area contributed by atoms with Crippen molar-refractivity contribution in [3.05, 3.63) is 64.6 Å². The van der Waals surface area contributed by atoms with Gasteiger partial charge in [-0.3, -0.25) is 9.59 Å². The van der Waals surface area contributed by atoms with E-state index in [-0.39, 0.29) is 12.5 Å². The number of carbonyl (C=O) groups excluding carboxylic acids is 3. The second kappa shape index (κ2) is 10.6. The van der Waals surface area contributed by atoms with Crippen LogP contribution in [0.1, 0.15) is 26.3 Å². The number of hydrogen-bond donors (Lipinski definition) is 3. The topological polar surface area (TPSA) is 96.5 Å². The largest absolute Gasteiger partial charge is 0.444 e. The molecule has 0 spiro atoms. The molecule has 3 N–H and O–H groups in total. The van der Waals surface area contributed by atoms with E-state index >= 15 is 0 Å². The van der Waals surface area contributed by atoms with Crippen molar-refractivity contribution in [2.24, 2.45) is 0 Å². The maximum Gasteiger partial charge on any atom is 0.408 e. The van der Waals surface area contributed by atoms with Crippen LogP contribution < -0.4 is 16.0 Å². The second-order valence-corrected chi connectivity index (χ2v) is 8.18. The first-order chi connectivity index (χ1) is 14.1. The quantitative estimate of drug-likeness (QED) is 0.535. The molecule has 0 saturated heterocycles. The van der Waals surface area contributed by atoms with Crippen molar-refractivity contribution in [1.29, 1.82) is 0 Å². The standard InChI is InChI=1S/C22H24BrN3O4/c1-22(2,3)30-21(29)24-14-20(28)26-17-9-6-8-16(13-17)25-19(27)12-11-15-7-4-5-10-18(15)23/h4-13H,14H2,1-3H3,(H,24,29)(H,25,27)(H,26,28)/b12-11+. The van der Waals surface area contributed by atoms with E-state index in [9.17, 15) is 14.4 Å². The van der Waals surface area contributed by atoms with Crippen LogP contribution in [0.3, 0.4) is 0 Å². The minimum atomic E-state index is -0.671. The Kier molecular flexibility index (Phi) is 8.17. The average Bonchev–Trinajstić information content (AvgIpc) is 2.65. The number of hydrogen-bond acceptors (Lipinski definition) is 4. The van der Waals surface area contributed by atoms with Gasteiger partial charge in [0, 0.05) is 21.9 Å². The molecule has 0 aliphatic rings.